The van der Waals surface area contributed by atoms with Crippen molar-refractivity contribution in [1.82, 2.24) is 0 Å². The van der Waals surface area contributed by atoms with Crippen LogP contribution in [0.25, 0.3) is 0 Å². The van der Waals surface area contributed by atoms with Crippen LogP contribution in [-0.2, 0) is 4.79 Å². The Hall–Kier alpha value is -1.07. The van der Waals surface area contributed by atoms with Crippen molar-refractivity contribution in [3.05, 3.63) is 11.1 Å². The van der Waals surface area contributed by atoms with Crippen molar-refractivity contribution in [2.45, 2.75) is 70.8 Å². The molecular formula is C21H28O2. The third-order valence-corrected chi connectivity index (χ3v) is 7.93. The number of carbonyl (C=O) groups excluding carboxylic acids is 1. The van der Waals surface area contributed by atoms with E-state index in [1.54, 1.807) is 5.57 Å². The van der Waals surface area contributed by atoms with Gasteiger partial charge in [-0.05, 0) is 62.2 Å². The fraction of sp³-hybridized carbons (Fsp3) is 0.762. The number of fused-ring (bicyclic) bond motifs is 4. The maximum absolute atomic E-state index is 11.9. The summed E-state index contributed by atoms with van der Waals surface area (Å²) >= 11 is 0. The van der Waals surface area contributed by atoms with Crippen LogP contribution >= 0.6 is 0 Å². The maximum atomic E-state index is 11.9. The number of aliphatic hydroxyl groups is 1. The van der Waals surface area contributed by atoms with E-state index in [1.807, 2.05) is 0 Å². The molecule has 0 aromatic carbocycles. The first kappa shape index (κ1) is 15.5. The average molecular weight is 312 g/mol. The minimum atomic E-state index is -0.917. The van der Waals surface area contributed by atoms with Gasteiger partial charge in [-0.3, -0.25) is 4.79 Å². The molecule has 0 aliphatic heterocycles. The molecule has 2 saturated carbocycles. The quantitative estimate of drug-likeness (QED) is 0.544. The van der Waals surface area contributed by atoms with E-state index in [4.69, 9.17) is 6.42 Å². The van der Waals surface area contributed by atoms with Gasteiger partial charge in [-0.15, -0.1) is 6.42 Å². The van der Waals surface area contributed by atoms with Gasteiger partial charge in [0.15, 0.2) is 0 Å². The lowest BCUT2D eigenvalue weighted by Crippen LogP contribution is -2.52. The highest BCUT2D eigenvalue weighted by Crippen LogP contribution is 2.65. The first-order valence-corrected chi connectivity index (χ1v) is 9.32. The van der Waals surface area contributed by atoms with Crippen LogP contribution in [0.4, 0.5) is 0 Å². The minimum absolute atomic E-state index is 0.125. The molecule has 1 N–H and O–H groups in total. The largest absolute Gasteiger partial charge is 0.377 e. The van der Waals surface area contributed by atoms with Gasteiger partial charge >= 0.3 is 0 Å². The molecule has 0 radical (unpaired) electrons. The van der Waals surface area contributed by atoms with E-state index in [0.717, 1.165) is 44.9 Å². The van der Waals surface area contributed by atoms with Gasteiger partial charge in [-0.25, -0.2) is 0 Å². The summed E-state index contributed by atoms with van der Waals surface area (Å²) in [5.74, 6) is 5.60. The van der Waals surface area contributed by atoms with Crippen molar-refractivity contribution < 1.29 is 9.90 Å². The fourth-order valence-corrected chi connectivity index (χ4v) is 6.72. The third-order valence-electron chi connectivity index (χ3n) is 7.93. The highest BCUT2D eigenvalue weighted by atomic mass is 16.3. The van der Waals surface area contributed by atoms with Gasteiger partial charge in [-0.1, -0.05) is 30.9 Å². The summed E-state index contributed by atoms with van der Waals surface area (Å²) in [4.78, 5) is 11.9. The summed E-state index contributed by atoms with van der Waals surface area (Å²) in [6.45, 7) is 4.60. The zero-order valence-corrected chi connectivity index (χ0v) is 14.4. The Bertz CT molecular complexity index is 624. The molecule has 124 valence electrons. The Kier molecular flexibility index (Phi) is 3.34. The van der Waals surface area contributed by atoms with E-state index in [0.29, 0.717) is 35.9 Å². The number of hydrogen-bond acceptors (Lipinski definition) is 2. The van der Waals surface area contributed by atoms with Crippen LogP contribution in [0.1, 0.15) is 65.2 Å². The molecule has 2 nitrogen and oxygen atoms in total. The van der Waals surface area contributed by atoms with Gasteiger partial charge < -0.3 is 5.11 Å². The summed E-state index contributed by atoms with van der Waals surface area (Å²) in [7, 11) is 0. The van der Waals surface area contributed by atoms with Gasteiger partial charge in [0.1, 0.15) is 11.4 Å². The van der Waals surface area contributed by atoms with E-state index in [2.05, 4.69) is 19.8 Å². The molecule has 0 aromatic heterocycles. The summed E-state index contributed by atoms with van der Waals surface area (Å²) < 4.78 is 0. The summed E-state index contributed by atoms with van der Waals surface area (Å²) in [5.41, 5.74) is 2.04. The second kappa shape index (κ2) is 4.96. The molecule has 2 fully saturated rings. The Balaban J connectivity index is 1.72. The van der Waals surface area contributed by atoms with Gasteiger partial charge in [0.25, 0.3) is 0 Å². The van der Waals surface area contributed by atoms with Crippen molar-refractivity contribution in [2.75, 3.05) is 0 Å². The lowest BCUT2D eigenvalue weighted by atomic mass is 9.50. The molecule has 2 heteroatoms. The second-order valence-corrected chi connectivity index (χ2v) is 8.82. The Morgan fingerprint density at radius 2 is 2.04 bits per heavy atom. The molecule has 0 bridgehead atoms. The van der Waals surface area contributed by atoms with Crippen molar-refractivity contribution in [3.8, 4) is 12.3 Å². The molecule has 4 aliphatic rings. The van der Waals surface area contributed by atoms with Gasteiger partial charge in [0.2, 0.25) is 0 Å². The summed E-state index contributed by atoms with van der Waals surface area (Å²) in [6.07, 6.45) is 13.2. The molecule has 4 aliphatic carbocycles. The van der Waals surface area contributed by atoms with Crippen molar-refractivity contribution in [1.29, 1.82) is 0 Å². The molecule has 0 aromatic rings. The molecule has 0 amide bonds. The number of hydrogen-bond donors (Lipinski definition) is 1. The van der Waals surface area contributed by atoms with Gasteiger partial charge in [0.05, 0.1) is 0 Å². The lowest BCUT2D eigenvalue weighted by molar-refractivity contribution is -0.119. The zero-order chi connectivity index (χ0) is 16.4. The fourth-order valence-electron chi connectivity index (χ4n) is 6.72. The molecule has 0 heterocycles. The van der Waals surface area contributed by atoms with E-state index in [9.17, 15) is 9.90 Å². The predicted octanol–water partition coefficient (Wildman–Crippen LogP) is 3.88. The van der Waals surface area contributed by atoms with Crippen LogP contribution in [0.5, 0.6) is 0 Å². The number of Topliss-reactive ketones (excluding diaryl/α,β-unsaturated/α-hetero) is 1. The number of allylic oxidation sites excluding steroid dienone is 2. The third kappa shape index (κ3) is 1.96. The standard InChI is InChI=1S/C21H28O2/c1-4-21(23)10-8-18-19-13(2)11-14-12-15(22)5-6-16(14)17(19)7-9-20(18,21)3/h1,13,17-19,23H,5-12H2,2-3H3/t13-,17-,18+,19?,20+,21+/m0/s1. The number of terminal acetylenes is 1. The van der Waals surface area contributed by atoms with Crippen LogP contribution in [0.3, 0.4) is 0 Å². The molecular weight excluding hydrogens is 284 g/mol. The van der Waals surface area contributed by atoms with E-state index >= 15 is 0 Å². The molecule has 0 saturated heterocycles. The number of ketones is 1. The highest BCUT2D eigenvalue weighted by molar-refractivity contribution is 5.82. The minimum Gasteiger partial charge on any atom is -0.377 e. The second-order valence-electron chi connectivity index (χ2n) is 8.82. The van der Waals surface area contributed by atoms with Gasteiger partial charge in [-0.2, -0.15) is 0 Å². The smallest absolute Gasteiger partial charge is 0.137 e. The first-order valence-electron chi connectivity index (χ1n) is 9.32. The zero-order valence-electron chi connectivity index (χ0n) is 14.4. The average Bonchev–Trinajstić information content (AvgIpc) is 2.79. The van der Waals surface area contributed by atoms with E-state index < -0.39 is 5.60 Å². The summed E-state index contributed by atoms with van der Waals surface area (Å²) in [5, 5.41) is 11.0. The maximum Gasteiger partial charge on any atom is 0.137 e. The first-order chi connectivity index (χ1) is 10.9. The highest BCUT2D eigenvalue weighted by Gasteiger charge is 2.62. The Morgan fingerprint density at radius 3 is 2.78 bits per heavy atom. The van der Waals surface area contributed by atoms with Gasteiger partial charge in [0, 0.05) is 18.3 Å². The molecule has 1 unspecified atom stereocenters. The SMILES string of the molecule is C#C[C@@]1(O)CC[C@@H]2C3[C@@H](C)CC4=C(CCC(=O)C4)[C@@H]3CC[C@]21C. The van der Waals surface area contributed by atoms with Crippen molar-refractivity contribution >= 4 is 5.78 Å². The molecule has 23 heavy (non-hydrogen) atoms. The van der Waals surface area contributed by atoms with Crippen LogP contribution in [-0.4, -0.2) is 16.5 Å². The van der Waals surface area contributed by atoms with E-state index in [1.165, 1.54) is 5.57 Å². The Morgan fingerprint density at radius 1 is 1.26 bits per heavy atom. The number of carbonyl (C=O) groups is 1. The van der Waals surface area contributed by atoms with Crippen molar-refractivity contribution in [3.63, 3.8) is 0 Å². The van der Waals surface area contributed by atoms with Crippen LogP contribution in [0.15, 0.2) is 11.1 Å². The van der Waals surface area contributed by atoms with E-state index in [-0.39, 0.29) is 5.41 Å². The predicted molar refractivity (Wildman–Crippen MR) is 90.5 cm³/mol. The summed E-state index contributed by atoms with van der Waals surface area (Å²) in [6, 6.07) is 0. The van der Waals surface area contributed by atoms with Crippen LogP contribution < -0.4 is 0 Å². The Labute approximate surface area is 139 Å². The molecule has 6 atom stereocenters. The lowest BCUT2D eigenvalue weighted by Gasteiger charge is -2.55. The van der Waals surface area contributed by atoms with Crippen molar-refractivity contribution in [2.24, 2.45) is 29.1 Å². The van der Waals surface area contributed by atoms with Crippen LogP contribution in [0.2, 0.25) is 0 Å². The number of rotatable bonds is 0. The monoisotopic (exact) mass is 312 g/mol. The topological polar surface area (TPSA) is 37.3 Å². The molecule has 0 spiro atoms. The normalized spacial score (nSPS) is 49.2. The molecule has 4 rings (SSSR count). The van der Waals surface area contributed by atoms with Crippen LogP contribution in [0, 0.1) is 41.4 Å².